The largest absolute Gasteiger partial charge is 0.381 e. The van der Waals surface area contributed by atoms with E-state index in [9.17, 15) is 4.79 Å². The molecule has 2 aromatic heterocycles. The first-order chi connectivity index (χ1) is 16.7. The molecule has 2 aromatic carbocycles. The van der Waals surface area contributed by atoms with Gasteiger partial charge in [-0.1, -0.05) is 36.4 Å². The van der Waals surface area contributed by atoms with Crippen molar-refractivity contribution in [3.8, 4) is 0 Å². The Kier molecular flexibility index (Phi) is 6.52. The van der Waals surface area contributed by atoms with Crippen LogP contribution in [0.25, 0.3) is 10.9 Å². The molecule has 0 radical (unpaired) electrons. The number of nitrogens with zero attached hydrogens (tertiary/aromatic N) is 3. The van der Waals surface area contributed by atoms with Crippen molar-refractivity contribution in [3.05, 3.63) is 102 Å². The average Bonchev–Trinajstić information content (AvgIpc) is 2.89. The van der Waals surface area contributed by atoms with Crippen molar-refractivity contribution < 1.29 is 4.79 Å². The molecular formula is C29H30N4O. The first-order valence-electron chi connectivity index (χ1n) is 12.0. The van der Waals surface area contributed by atoms with Crippen LogP contribution in [0.15, 0.2) is 79.3 Å². The molecule has 5 rings (SSSR count). The lowest BCUT2D eigenvalue weighted by Gasteiger charge is -2.33. The van der Waals surface area contributed by atoms with E-state index in [0.29, 0.717) is 12.5 Å². The number of likely N-dealkylation sites (tertiary alicyclic amines) is 1. The Morgan fingerprint density at radius 1 is 1.09 bits per heavy atom. The predicted octanol–water partition coefficient (Wildman–Crippen LogP) is 5.65. The highest BCUT2D eigenvalue weighted by Gasteiger charge is 2.25. The van der Waals surface area contributed by atoms with Crippen molar-refractivity contribution in [1.82, 2.24) is 14.9 Å². The molecule has 0 spiro atoms. The van der Waals surface area contributed by atoms with E-state index in [1.807, 2.05) is 53.7 Å². The molecular weight excluding hydrogens is 420 g/mol. The van der Waals surface area contributed by atoms with Crippen LogP contribution in [0.5, 0.6) is 0 Å². The van der Waals surface area contributed by atoms with Crippen LogP contribution in [0.2, 0.25) is 0 Å². The van der Waals surface area contributed by atoms with Crippen molar-refractivity contribution in [1.29, 1.82) is 0 Å². The fourth-order valence-electron chi connectivity index (χ4n) is 4.89. The SMILES string of the molecule is Cc1ccc(C(=O)N2CCCC(Cc3cccc4cccnc34)C2)cc1NCc1cccnc1. The summed E-state index contributed by atoms with van der Waals surface area (Å²) >= 11 is 0. The zero-order valence-electron chi connectivity index (χ0n) is 19.6. The van der Waals surface area contributed by atoms with Crippen LogP contribution in [0.1, 0.15) is 39.9 Å². The number of piperidine rings is 1. The smallest absolute Gasteiger partial charge is 0.253 e. The third kappa shape index (κ3) is 4.93. The van der Waals surface area contributed by atoms with Crippen molar-refractivity contribution in [3.63, 3.8) is 0 Å². The lowest BCUT2D eigenvalue weighted by atomic mass is 9.90. The standard InChI is InChI=1S/C29H30N4O/c1-21-11-12-26(17-27(21)32-19-23-6-3-13-30-18-23)29(34)33-15-5-7-22(20-33)16-25-9-2-8-24-10-4-14-31-28(24)25/h2-4,6,8-14,17-18,22,32H,5,7,15-16,19-20H2,1H3. The van der Waals surface area contributed by atoms with Gasteiger partial charge >= 0.3 is 0 Å². The Balaban J connectivity index is 1.28. The Morgan fingerprint density at radius 3 is 2.85 bits per heavy atom. The number of pyridine rings is 2. The van der Waals surface area contributed by atoms with E-state index in [-0.39, 0.29) is 5.91 Å². The molecule has 5 nitrogen and oxygen atoms in total. The maximum Gasteiger partial charge on any atom is 0.253 e. The predicted molar refractivity (Wildman–Crippen MR) is 137 cm³/mol. The molecule has 1 amide bonds. The number of amides is 1. The second-order valence-corrected chi connectivity index (χ2v) is 9.20. The summed E-state index contributed by atoms with van der Waals surface area (Å²) in [5, 5.41) is 4.64. The van der Waals surface area contributed by atoms with Crippen molar-refractivity contribution >= 4 is 22.5 Å². The van der Waals surface area contributed by atoms with Crippen molar-refractivity contribution in [2.75, 3.05) is 18.4 Å². The van der Waals surface area contributed by atoms with E-state index < -0.39 is 0 Å². The highest BCUT2D eigenvalue weighted by atomic mass is 16.2. The molecule has 1 fully saturated rings. The second-order valence-electron chi connectivity index (χ2n) is 9.20. The fraction of sp³-hybridized carbons (Fsp3) is 0.276. The quantitative estimate of drug-likeness (QED) is 0.413. The van der Waals surface area contributed by atoms with Gasteiger partial charge < -0.3 is 10.2 Å². The van der Waals surface area contributed by atoms with Crippen molar-refractivity contribution in [2.45, 2.75) is 32.7 Å². The highest BCUT2D eigenvalue weighted by molar-refractivity contribution is 5.95. The Labute approximate surface area is 200 Å². The molecule has 1 atom stereocenters. The summed E-state index contributed by atoms with van der Waals surface area (Å²) in [6.07, 6.45) is 8.61. The van der Waals surface area contributed by atoms with Crippen LogP contribution in [0.3, 0.4) is 0 Å². The number of rotatable bonds is 6. The topological polar surface area (TPSA) is 58.1 Å². The number of para-hydroxylation sites is 1. The Bertz CT molecular complexity index is 1280. The molecule has 5 heteroatoms. The lowest BCUT2D eigenvalue weighted by Crippen LogP contribution is -2.40. The minimum absolute atomic E-state index is 0.116. The van der Waals surface area contributed by atoms with Crippen LogP contribution in [0, 0.1) is 12.8 Å². The molecule has 0 aliphatic carbocycles. The van der Waals surface area contributed by atoms with Gasteiger partial charge in [-0.3, -0.25) is 14.8 Å². The first-order valence-corrected chi connectivity index (χ1v) is 12.0. The molecule has 172 valence electrons. The van der Waals surface area contributed by atoms with Gasteiger partial charge in [-0.25, -0.2) is 0 Å². The van der Waals surface area contributed by atoms with Gasteiger partial charge in [-0.2, -0.15) is 0 Å². The summed E-state index contributed by atoms with van der Waals surface area (Å²) in [5.41, 5.74) is 6.32. The number of hydrogen-bond acceptors (Lipinski definition) is 4. The lowest BCUT2D eigenvalue weighted by molar-refractivity contribution is 0.0673. The van der Waals surface area contributed by atoms with Gasteiger partial charge in [0.25, 0.3) is 5.91 Å². The Morgan fingerprint density at radius 2 is 1.97 bits per heavy atom. The van der Waals surface area contributed by atoms with Crippen LogP contribution >= 0.6 is 0 Å². The number of hydrogen-bond donors (Lipinski definition) is 1. The minimum atomic E-state index is 0.116. The molecule has 1 N–H and O–H groups in total. The van der Waals surface area contributed by atoms with E-state index in [0.717, 1.165) is 60.2 Å². The van der Waals surface area contributed by atoms with Crippen LogP contribution in [-0.2, 0) is 13.0 Å². The normalized spacial score (nSPS) is 15.9. The molecule has 3 heterocycles. The highest BCUT2D eigenvalue weighted by Crippen LogP contribution is 2.26. The number of benzene rings is 2. The number of fused-ring (bicyclic) bond motifs is 1. The maximum absolute atomic E-state index is 13.4. The molecule has 34 heavy (non-hydrogen) atoms. The van der Waals surface area contributed by atoms with E-state index in [1.54, 1.807) is 6.20 Å². The monoisotopic (exact) mass is 450 g/mol. The summed E-state index contributed by atoms with van der Waals surface area (Å²) in [5.74, 6) is 0.559. The fourth-order valence-corrected chi connectivity index (χ4v) is 4.89. The molecule has 0 bridgehead atoms. The molecule has 1 saturated heterocycles. The van der Waals surface area contributed by atoms with E-state index in [1.165, 1.54) is 10.9 Å². The third-order valence-corrected chi connectivity index (χ3v) is 6.72. The van der Waals surface area contributed by atoms with Gasteiger partial charge in [-0.15, -0.1) is 0 Å². The van der Waals surface area contributed by atoms with Crippen LogP contribution < -0.4 is 5.32 Å². The molecule has 0 saturated carbocycles. The maximum atomic E-state index is 13.4. The minimum Gasteiger partial charge on any atom is -0.381 e. The van der Waals surface area contributed by atoms with Crippen LogP contribution in [0.4, 0.5) is 5.69 Å². The van der Waals surface area contributed by atoms with E-state index >= 15 is 0 Å². The van der Waals surface area contributed by atoms with E-state index in [4.69, 9.17) is 0 Å². The number of aromatic nitrogens is 2. The second kappa shape index (κ2) is 10.0. The summed E-state index contributed by atoms with van der Waals surface area (Å²) in [6.45, 7) is 4.34. The number of carbonyl (C=O) groups is 1. The average molecular weight is 451 g/mol. The number of aryl methyl sites for hydroxylation is 1. The summed E-state index contributed by atoms with van der Waals surface area (Å²) < 4.78 is 0. The summed E-state index contributed by atoms with van der Waals surface area (Å²) in [7, 11) is 0. The number of nitrogens with one attached hydrogen (secondary N) is 1. The van der Waals surface area contributed by atoms with Gasteiger partial charge in [0.1, 0.15) is 0 Å². The zero-order valence-corrected chi connectivity index (χ0v) is 19.6. The van der Waals surface area contributed by atoms with E-state index in [2.05, 4.69) is 46.5 Å². The van der Waals surface area contributed by atoms with Crippen molar-refractivity contribution in [2.24, 2.45) is 5.92 Å². The van der Waals surface area contributed by atoms with Gasteiger partial charge in [0.2, 0.25) is 0 Å². The van der Waals surface area contributed by atoms with Gasteiger partial charge in [0.05, 0.1) is 5.52 Å². The Hall–Kier alpha value is -3.73. The summed E-state index contributed by atoms with van der Waals surface area (Å²) in [6, 6.07) is 20.4. The summed E-state index contributed by atoms with van der Waals surface area (Å²) in [4.78, 5) is 24.2. The van der Waals surface area contributed by atoms with Gasteiger partial charge in [0.15, 0.2) is 0 Å². The first kappa shape index (κ1) is 22.1. The van der Waals surface area contributed by atoms with Gasteiger partial charge in [-0.05, 0) is 73.1 Å². The molecule has 1 unspecified atom stereocenters. The van der Waals surface area contributed by atoms with Gasteiger partial charge in [0, 0.05) is 54.9 Å². The zero-order chi connectivity index (χ0) is 23.3. The third-order valence-electron chi connectivity index (χ3n) is 6.72. The number of carbonyl (C=O) groups excluding carboxylic acids is 1. The van der Waals surface area contributed by atoms with Crippen LogP contribution in [-0.4, -0.2) is 33.9 Å². The molecule has 1 aliphatic heterocycles. The number of anilines is 1. The molecule has 1 aliphatic rings. The molecule has 4 aromatic rings.